The first kappa shape index (κ1) is 19.0. The largest absolute Gasteiger partial charge is 0.504 e. The fourth-order valence-electron chi connectivity index (χ4n) is 4.20. The van der Waals surface area contributed by atoms with Gasteiger partial charge in [0.25, 0.3) is 5.91 Å². The molecule has 5 rings (SSSR count). The molecule has 0 bridgehead atoms. The Morgan fingerprint density at radius 3 is 2.80 bits per heavy atom. The van der Waals surface area contributed by atoms with Gasteiger partial charge in [-0.25, -0.2) is 0 Å². The molecule has 0 radical (unpaired) electrons. The first-order valence-corrected chi connectivity index (χ1v) is 10.8. The van der Waals surface area contributed by atoms with Crippen LogP contribution in [0.4, 0.5) is 5.00 Å². The summed E-state index contributed by atoms with van der Waals surface area (Å²) in [7, 11) is 1.51. The second kappa shape index (κ2) is 7.66. The molecule has 0 saturated heterocycles. The van der Waals surface area contributed by atoms with E-state index in [0.29, 0.717) is 5.75 Å². The molecule has 0 saturated carbocycles. The van der Waals surface area contributed by atoms with E-state index < -0.39 is 0 Å². The molecular formula is C23H23N3O3S. The van der Waals surface area contributed by atoms with Crippen molar-refractivity contribution in [3.8, 4) is 11.5 Å². The van der Waals surface area contributed by atoms with E-state index in [4.69, 9.17) is 4.74 Å². The van der Waals surface area contributed by atoms with Gasteiger partial charge in [-0.3, -0.25) is 9.69 Å². The van der Waals surface area contributed by atoms with E-state index in [-0.39, 0.29) is 17.8 Å². The minimum Gasteiger partial charge on any atom is -0.504 e. The number of nitrogens with one attached hydrogen (secondary N) is 2. The van der Waals surface area contributed by atoms with Crippen molar-refractivity contribution >= 4 is 22.2 Å². The third kappa shape index (κ3) is 3.40. The molecule has 0 fully saturated rings. The minimum atomic E-state index is -0.387. The van der Waals surface area contributed by atoms with Crippen molar-refractivity contribution in [2.45, 2.75) is 25.7 Å². The van der Waals surface area contributed by atoms with E-state index in [1.54, 1.807) is 23.5 Å². The molecule has 1 atom stereocenters. The minimum absolute atomic E-state index is 0.0545. The number of methoxy groups -OCH3 is 1. The van der Waals surface area contributed by atoms with Crippen LogP contribution in [0.25, 0.3) is 0 Å². The molecule has 0 spiro atoms. The molecular weight excluding hydrogens is 398 g/mol. The fourth-order valence-corrected chi connectivity index (χ4v) is 5.51. The molecule has 2 aromatic carbocycles. The standard InChI is InChI=1S/C23H23N3O3S/c1-29-18-8-7-15(11-17(18)27)21-24-22(28)20-16-9-10-26(12-14-5-3-2-4-6-14)13-19(16)30-23(20)25-21/h2-8,11,21,25,27H,9-10,12-13H2,1H3,(H,24,28)/t21-/m1/s1. The number of carbonyl (C=O) groups excluding carboxylic acids is 1. The van der Waals surface area contributed by atoms with Crippen LogP contribution in [0.2, 0.25) is 0 Å². The van der Waals surface area contributed by atoms with Crippen LogP contribution in [0.5, 0.6) is 11.5 Å². The maximum atomic E-state index is 12.9. The summed E-state index contributed by atoms with van der Waals surface area (Å²) in [5.41, 5.74) is 4.03. The predicted octanol–water partition coefficient (Wildman–Crippen LogP) is 3.87. The summed E-state index contributed by atoms with van der Waals surface area (Å²) in [6, 6.07) is 15.6. The number of carbonyl (C=O) groups is 1. The highest BCUT2D eigenvalue weighted by Gasteiger charge is 2.33. The van der Waals surface area contributed by atoms with Crippen molar-refractivity contribution in [1.29, 1.82) is 0 Å². The number of anilines is 1. The lowest BCUT2D eigenvalue weighted by molar-refractivity contribution is 0.0934. The molecule has 2 aliphatic heterocycles. The molecule has 0 unspecified atom stereocenters. The van der Waals surface area contributed by atoms with Crippen LogP contribution in [0, 0.1) is 0 Å². The molecule has 154 valence electrons. The van der Waals surface area contributed by atoms with Gasteiger partial charge in [0.1, 0.15) is 11.2 Å². The van der Waals surface area contributed by atoms with Crippen LogP contribution in [0.15, 0.2) is 48.5 Å². The summed E-state index contributed by atoms with van der Waals surface area (Å²) in [6.45, 7) is 2.70. The molecule has 2 aliphatic rings. The predicted molar refractivity (Wildman–Crippen MR) is 117 cm³/mol. The zero-order valence-corrected chi connectivity index (χ0v) is 17.5. The van der Waals surface area contributed by atoms with E-state index >= 15 is 0 Å². The summed E-state index contributed by atoms with van der Waals surface area (Å²) in [5.74, 6) is 0.406. The average Bonchev–Trinajstić information content (AvgIpc) is 3.12. The summed E-state index contributed by atoms with van der Waals surface area (Å²) in [6.07, 6.45) is 0.485. The molecule has 0 aliphatic carbocycles. The molecule has 3 aromatic rings. The lowest BCUT2D eigenvalue weighted by atomic mass is 10.00. The van der Waals surface area contributed by atoms with Crippen molar-refractivity contribution < 1.29 is 14.6 Å². The van der Waals surface area contributed by atoms with Gasteiger partial charge < -0.3 is 20.5 Å². The first-order chi connectivity index (χ1) is 14.6. The van der Waals surface area contributed by atoms with Crippen LogP contribution in [0.1, 0.15) is 38.1 Å². The normalized spacial score (nSPS) is 18.2. The van der Waals surface area contributed by atoms with Crippen LogP contribution in [-0.2, 0) is 19.5 Å². The number of phenols is 1. The highest BCUT2D eigenvalue weighted by Crippen LogP contribution is 2.41. The van der Waals surface area contributed by atoms with Gasteiger partial charge >= 0.3 is 0 Å². The van der Waals surface area contributed by atoms with Crippen LogP contribution in [0.3, 0.4) is 0 Å². The van der Waals surface area contributed by atoms with Crippen LogP contribution in [-0.4, -0.2) is 29.6 Å². The number of nitrogens with zero attached hydrogens (tertiary/aromatic N) is 1. The Bertz CT molecular complexity index is 1100. The number of hydrogen-bond donors (Lipinski definition) is 3. The van der Waals surface area contributed by atoms with Gasteiger partial charge in [-0.05, 0) is 35.2 Å². The number of phenolic OH excluding ortho intramolecular Hbond substituents is 1. The Labute approximate surface area is 179 Å². The number of aromatic hydroxyl groups is 1. The number of thiophene rings is 1. The summed E-state index contributed by atoms with van der Waals surface area (Å²) in [4.78, 5) is 16.6. The molecule has 1 aromatic heterocycles. The van der Waals surface area contributed by atoms with E-state index in [1.807, 2.05) is 12.1 Å². The zero-order chi connectivity index (χ0) is 20.7. The monoisotopic (exact) mass is 421 g/mol. The quantitative estimate of drug-likeness (QED) is 0.596. The number of hydrogen-bond acceptors (Lipinski definition) is 6. The maximum Gasteiger partial charge on any atom is 0.256 e. The van der Waals surface area contributed by atoms with Crippen molar-refractivity contribution in [3.05, 3.63) is 75.7 Å². The average molecular weight is 422 g/mol. The Morgan fingerprint density at radius 1 is 1.20 bits per heavy atom. The Kier molecular flexibility index (Phi) is 4.84. The Morgan fingerprint density at radius 2 is 2.03 bits per heavy atom. The van der Waals surface area contributed by atoms with Gasteiger partial charge in [0.2, 0.25) is 0 Å². The van der Waals surface area contributed by atoms with Gasteiger partial charge in [-0.1, -0.05) is 36.4 Å². The Balaban J connectivity index is 1.37. The van der Waals surface area contributed by atoms with Crippen LogP contribution < -0.4 is 15.4 Å². The molecule has 7 heteroatoms. The van der Waals surface area contributed by atoms with Crippen molar-refractivity contribution in [2.24, 2.45) is 0 Å². The van der Waals surface area contributed by atoms with Gasteiger partial charge in [-0.2, -0.15) is 0 Å². The number of ether oxygens (including phenoxy) is 1. The van der Waals surface area contributed by atoms with Gasteiger partial charge in [0, 0.05) is 24.5 Å². The third-order valence-electron chi connectivity index (χ3n) is 5.70. The van der Waals surface area contributed by atoms with Gasteiger partial charge in [0.15, 0.2) is 11.5 Å². The Hall–Kier alpha value is -3.03. The molecule has 6 nitrogen and oxygen atoms in total. The summed E-state index contributed by atoms with van der Waals surface area (Å²) >= 11 is 1.67. The lowest BCUT2D eigenvalue weighted by Crippen LogP contribution is -2.38. The van der Waals surface area contributed by atoms with Crippen LogP contribution >= 0.6 is 11.3 Å². The number of rotatable bonds is 4. The number of amides is 1. The molecule has 1 amide bonds. The maximum absolute atomic E-state index is 12.9. The van der Waals surface area contributed by atoms with Gasteiger partial charge in [-0.15, -0.1) is 11.3 Å². The highest BCUT2D eigenvalue weighted by molar-refractivity contribution is 7.16. The summed E-state index contributed by atoms with van der Waals surface area (Å²) < 4.78 is 5.11. The third-order valence-corrected chi connectivity index (χ3v) is 6.85. The topological polar surface area (TPSA) is 73.8 Å². The SMILES string of the molecule is COc1ccc([C@@H]2NC(=O)c3c(sc4c3CCN(Cc3ccccc3)C4)N2)cc1O. The zero-order valence-electron chi connectivity index (χ0n) is 16.6. The second-order valence-corrected chi connectivity index (χ2v) is 8.74. The number of fused-ring (bicyclic) bond motifs is 3. The first-order valence-electron chi connectivity index (χ1n) is 9.97. The molecule has 30 heavy (non-hydrogen) atoms. The van der Waals surface area contributed by atoms with Gasteiger partial charge in [0.05, 0.1) is 12.7 Å². The molecule has 3 N–H and O–H groups in total. The van der Waals surface area contributed by atoms with E-state index in [1.165, 1.54) is 23.1 Å². The van der Waals surface area contributed by atoms with Crippen molar-refractivity contribution in [1.82, 2.24) is 10.2 Å². The van der Waals surface area contributed by atoms with E-state index in [9.17, 15) is 9.90 Å². The van der Waals surface area contributed by atoms with Crippen molar-refractivity contribution in [3.63, 3.8) is 0 Å². The highest BCUT2D eigenvalue weighted by atomic mass is 32.1. The smallest absolute Gasteiger partial charge is 0.256 e. The second-order valence-electron chi connectivity index (χ2n) is 7.64. The van der Waals surface area contributed by atoms with Crippen molar-refractivity contribution in [2.75, 3.05) is 19.0 Å². The van der Waals surface area contributed by atoms with E-state index in [2.05, 4.69) is 39.8 Å². The fraction of sp³-hybridized carbons (Fsp3) is 0.261. The molecule has 3 heterocycles. The lowest BCUT2D eigenvalue weighted by Gasteiger charge is -2.28. The van der Waals surface area contributed by atoms with E-state index in [0.717, 1.165) is 42.2 Å². The summed E-state index contributed by atoms with van der Waals surface area (Å²) in [5, 5.41) is 17.5. The number of benzene rings is 2.